The molecule has 0 unspecified atom stereocenters. The van der Waals surface area contributed by atoms with Gasteiger partial charge in [0.1, 0.15) is 0 Å². The summed E-state index contributed by atoms with van der Waals surface area (Å²) in [7, 11) is 2.02. The summed E-state index contributed by atoms with van der Waals surface area (Å²) >= 11 is 0. The summed E-state index contributed by atoms with van der Waals surface area (Å²) in [6.45, 7) is 6.44. The molecule has 1 aromatic rings. The Morgan fingerprint density at radius 2 is 1.91 bits per heavy atom. The maximum atomic E-state index is 4.37. The molecule has 0 bridgehead atoms. The zero-order valence-electron chi connectivity index (χ0n) is 7.81. The van der Waals surface area contributed by atoms with Crippen molar-refractivity contribution in [2.45, 2.75) is 33.6 Å². The van der Waals surface area contributed by atoms with Gasteiger partial charge < -0.3 is 0 Å². The second-order valence-corrected chi connectivity index (χ2v) is 2.84. The van der Waals surface area contributed by atoms with E-state index in [1.54, 1.807) is 0 Å². The molecule has 0 fully saturated rings. The van der Waals surface area contributed by atoms with E-state index in [9.17, 15) is 0 Å². The lowest BCUT2D eigenvalue weighted by atomic mass is 10.1. The maximum Gasteiger partial charge on any atom is 0.0628 e. The Labute approximate surface area is 68.2 Å². The Morgan fingerprint density at radius 1 is 1.27 bits per heavy atom. The molecule has 0 amide bonds. The van der Waals surface area contributed by atoms with Crippen molar-refractivity contribution in [2.75, 3.05) is 0 Å². The van der Waals surface area contributed by atoms with Crippen LogP contribution in [-0.2, 0) is 19.9 Å². The molecule has 0 saturated carbocycles. The Kier molecular flexibility index (Phi) is 2.32. The van der Waals surface area contributed by atoms with Crippen molar-refractivity contribution in [3.63, 3.8) is 0 Å². The minimum Gasteiger partial charge on any atom is -0.272 e. The second-order valence-electron chi connectivity index (χ2n) is 2.84. The number of aryl methyl sites for hydroxylation is 2. The highest BCUT2D eigenvalue weighted by molar-refractivity contribution is 5.25. The molecule has 11 heavy (non-hydrogen) atoms. The number of rotatable bonds is 2. The Bertz CT molecular complexity index is 224. The standard InChI is InChI=1S/C9H16N2/c1-5-8-7(3)10-11(4)9(8)6-2/h5-6H2,1-4H3. The van der Waals surface area contributed by atoms with Gasteiger partial charge in [0.05, 0.1) is 5.69 Å². The third-order valence-corrected chi connectivity index (χ3v) is 2.16. The van der Waals surface area contributed by atoms with Crippen molar-refractivity contribution in [2.24, 2.45) is 7.05 Å². The van der Waals surface area contributed by atoms with Gasteiger partial charge in [-0.3, -0.25) is 4.68 Å². The van der Waals surface area contributed by atoms with Gasteiger partial charge in [0.15, 0.2) is 0 Å². The van der Waals surface area contributed by atoms with Crippen LogP contribution in [0.15, 0.2) is 0 Å². The average molecular weight is 152 g/mol. The van der Waals surface area contributed by atoms with Crippen LogP contribution in [0.4, 0.5) is 0 Å². The van der Waals surface area contributed by atoms with Crippen molar-refractivity contribution in [1.29, 1.82) is 0 Å². The molecule has 0 aromatic carbocycles. The zero-order chi connectivity index (χ0) is 8.43. The molecule has 0 saturated heterocycles. The SMILES string of the molecule is CCc1c(C)nn(C)c1CC. The van der Waals surface area contributed by atoms with Gasteiger partial charge >= 0.3 is 0 Å². The van der Waals surface area contributed by atoms with E-state index in [0.29, 0.717) is 0 Å². The largest absolute Gasteiger partial charge is 0.272 e. The van der Waals surface area contributed by atoms with Crippen LogP contribution in [0.25, 0.3) is 0 Å². The van der Waals surface area contributed by atoms with Gasteiger partial charge in [-0.25, -0.2) is 0 Å². The molecule has 2 nitrogen and oxygen atoms in total. The van der Waals surface area contributed by atoms with Crippen LogP contribution >= 0.6 is 0 Å². The molecular formula is C9H16N2. The third kappa shape index (κ3) is 1.30. The first-order chi connectivity index (χ1) is 5.20. The second kappa shape index (κ2) is 3.07. The maximum absolute atomic E-state index is 4.37. The molecule has 0 N–H and O–H groups in total. The fourth-order valence-corrected chi connectivity index (χ4v) is 1.65. The van der Waals surface area contributed by atoms with Crippen molar-refractivity contribution in [3.8, 4) is 0 Å². The van der Waals surface area contributed by atoms with Crippen molar-refractivity contribution >= 4 is 0 Å². The predicted octanol–water partition coefficient (Wildman–Crippen LogP) is 1.85. The van der Waals surface area contributed by atoms with Gasteiger partial charge in [0, 0.05) is 12.7 Å². The minimum absolute atomic E-state index is 1.08. The summed E-state index contributed by atoms with van der Waals surface area (Å²) < 4.78 is 1.99. The van der Waals surface area contributed by atoms with Crippen LogP contribution in [-0.4, -0.2) is 9.78 Å². The normalized spacial score (nSPS) is 10.5. The lowest BCUT2D eigenvalue weighted by Gasteiger charge is -1.99. The van der Waals surface area contributed by atoms with E-state index in [0.717, 1.165) is 12.8 Å². The molecule has 1 rings (SSSR count). The van der Waals surface area contributed by atoms with E-state index in [1.165, 1.54) is 17.0 Å². The first-order valence-electron chi connectivity index (χ1n) is 4.22. The monoisotopic (exact) mass is 152 g/mol. The molecule has 0 aliphatic heterocycles. The summed E-state index contributed by atoms with van der Waals surface area (Å²) in [5.74, 6) is 0. The Morgan fingerprint density at radius 3 is 2.27 bits per heavy atom. The fraction of sp³-hybridized carbons (Fsp3) is 0.667. The minimum atomic E-state index is 1.08. The van der Waals surface area contributed by atoms with Crippen LogP contribution in [0.5, 0.6) is 0 Å². The van der Waals surface area contributed by atoms with Gasteiger partial charge in [-0.1, -0.05) is 13.8 Å². The molecule has 0 aliphatic rings. The quantitative estimate of drug-likeness (QED) is 0.632. The van der Waals surface area contributed by atoms with Gasteiger partial charge in [0.2, 0.25) is 0 Å². The van der Waals surface area contributed by atoms with Crippen LogP contribution in [0, 0.1) is 6.92 Å². The lowest BCUT2D eigenvalue weighted by molar-refractivity contribution is 0.709. The van der Waals surface area contributed by atoms with Crippen LogP contribution in [0.1, 0.15) is 30.8 Å². The highest BCUT2D eigenvalue weighted by atomic mass is 15.3. The first kappa shape index (κ1) is 8.31. The van der Waals surface area contributed by atoms with E-state index in [4.69, 9.17) is 0 Å². The summed E-state index contributed by atoms with van der Waals surface area (Å²) in [6, 6.07) is 0. The average Bonchev–Trinajstić information content (AvgIpc) is 2.24. The molecule has 0 aliphatic carbocycles. The molecule has 2 heteroatoms. The topological polar surface area (TPSA) is 17.8 Å². The van der Waals surface area contributed by atoms with Crippen LogP contribution < -0.4 is 0 Å². The molecule has 0 spiro atoms. The number of aromatic nitrogens is 2. The summed E-state index contributed by atoms with van der Waals surface area (Å²) in [6.07, 6.45) is 2.18. The number of nitrogens with zero attached hydrogens (tertiary/aromatic N) is 2. The zero-order valence-corrected chi connectivity index (χ0v) is 7.81. The highest BCUT2D eigenvalue weighted by Crippen LogP contribution is 2.13. The first-order valence-corrected chi connectivity index (χ1v) is 4.22. The third-order valence-electron chi connectivity index (χ3n) is 2.16. The highest BCUT2D eigenvalue weighted by Gasteiger charge is 2.08. The van der Waals surface area contributed by atoms with Crippen molar-refractivity contribution in [1.82, 2.24) is 9.78 Å². The summed E-state index contributed by atoms with van der Waals surface area (Å²) in [5.41, 5.74) is 3.99. The van der Waals surface area contributed by atoms with Gasteiger partial charge in [-0.2, -0.15) is 5.10 Å². The number of hydrogen-bond acceptors (Lipinski definition) is 1. The summed E-state index contributed by atoms with van der Waals surface area (Å²) in [5, 5.41) is 4.37. The fourth-order valence-electron chi connectivity index (χ4n) is 1.65. The van der Waals surface area contributed by atoms with E-state index in [1.807, 2.05) is 11.7 Å². The Hall–Kier alpha value is -0.790. The Balaban J connectivity index is 3.17. The van der Waals surface area contributed by atoms with Gasteiger partial charge in [-0.05, 0) is 25.3 Å². The van der Waals surface area contributed by atoms with Crippen molar-refractivity contribution < 1.29 is 0 Å². The van der Waals surface area contributed by atoms with Gasteiger partial charge in [-0.15, -0.1) is 0 Å². The molecule has 62 valence electrons. The van der Waals surface area contributed by atoms with E-state index >= 15 is 0 Å². The predicted molar refractivity (Wildman–Crippen MR) is 46.7 cm³/mol. The molecule has 1 heterocycles. The van der Waals surface area contributed by atoms with E-state index < -0.39 is 0 Å². The number of hydrogen-bond donors (Lipinski definition) is 0. The van der Waals surface area contributed by atoms with Crippen LogP contribution in [0.2, 0.25) is 0 Å². The van der Waals surface area contributed by atoms with Crippen molar-refractivity contribution in [3.05, 3.63) is 17.0 Å². The van der Waals surface area contributed by atoms with Crippen LogP contribution in [0.3, 0.4) is 0 Å². The smallest absolute Gasteiger partial charge is 0.0628 e. The summed E-state index contributed by atoms with van der Waals surface area (Å²) in [4.78, 5) is 0. The van der Waals surface area contributed by atoms with E-state index in [-0.39, 0.29) is 0 Å². The molecule has 1 aromatic heterocycles. The molecule has 0 atom stereocenters. The van der Waals surface area contributed by atoms with E-state index in [2.05, 4.69) is 25.9 Å². The molecule has 0 radical (unpaired) electrons. The lowest BCUT2D eigenvalue weighted by Crippen LogP contribution is -1.97. The van der Waals surface area contributed by atoms with Gasteiger partial charge in [0.25, 0.3) is 0 Å². The molecular weight excluding hydrogens is 136 g/mol.